The van der Waals surface area contributed by atoms with Crippen molar-refractivity contribution in [3.05, 3.63) is 54.2 Å². The van der Waals surface area contributed by atoms with E-state index in [4.69, 9.17) is 14.7 Å². The molecule has 1 fully saturated rings. The number of pyridine rings is 1. The lowest BCUT2D eigenvalue weighted by Crippen LogP contribution is -2.45. The van der Waals surface area contributed by atoms with Crippen LogP contribution in [0.1, 0.15) is 18.4 Å². The van der Waals surface area contributed by atoms with E-state index in [0.717, 1.165) is 6.42 Å². The average Bonchev–Trinajstić information content (AvgIpc) is 2.69. The number of benzene rings is 1. The van der Waals surface area contributed by atoms with Gasteiger partial charge in [0.25, 0.3) is 0 Å². The van der Waals surface area contributed by atoms with Crippen molar-refractivity contribution in [2.75, 3.05) is 25.4 Å². The first kappa shape index (κ1) is 19.1. The lowest BCUT2D eigenvalue weighted by molar-refractivity contribution is 0.124. The normalized spacial score (nSPS) is 17.8. The second-order valence-electron chi connectivity index (χ2n) is 6.21. The molecule has 0 amide bonds. The third-order valence-corrected chi connectivity index (χ3v) is 6.04. The number of hydrogen-bond acceptors (Lipinski definition) is 6. The van der Waals surface area contributed by atoms with Crippen molar-refractivity contribution in [2.24, 2.45) is 0 Å². The van der Waals surface area contributed by atoms with E-state index in [1.165, 1.54) is 10.5 Å². The first-order valence-electron chi connectivity index (χ1n) is 8.75. The molecular formula is C19H21N3O4S. The minimum Gasteiger partial charge on any atom is -0.492 e. The van der Waals surface area contributed by atoms with Crippen LogP contribution in [0.4, 0.5) is 0 Å². The van der Waals surface area contributed by atoms with Crippen LogP contribution in [0.25, 0.3) is 0 Å². The highest BCUT2D eigenvalue weighted by atomic mass is 32.2. The molecule has 8 heteroatoms. The van der Waals surface area contributed by atoms with Gasteiger partial charge in [-0.2, -0.15) is 9.57 Å². The number of ether oxygens (including phenoxy) is 2. The zero-order valence-electron chi connectivity index (χ0n) is 14.8. The summed E-state index contributed by atoms with van der Waals surface area (Å²) >= 11 is 0. The van der Waals surface area contributed by atoms with Crippen LogP contribution in [-0.4, -0.2) is 49.3 Å². The molecule has 1 aromatic carbocycles. The maximum Gasteiger partial charge on any atom is 0.217 e. The number of sulfonamides is 1. The van der Waals surface area contributed by atoms with E-state index in [1.54, 1.807) is 24.3 Å². The molecule has 0 unspecified atom stereocenters. The summed E-state index contributed by atoms with van der Waals surface area (Å²) in [6.45, 7) is 0.839. The fourth-order valence-electron chi connectivity index (χ4n) is 2.88. The number of hydrogen-bond donors (Lipinski definition) is 0. The van der Waals surface area contributed by atoms with Crippen molar-refractivity contribution in [1.29, 1.82) is 5.26 Å². The molecule has 7 nitrogen and oxygen atoms in total. The number of piperidine rings is 1. The number of nitrogens with zero attached hydrogens (tertiary/aromatic N) is 3. The number of nitriles is 1. The second kappa shape index (κ2) is 8.84. The van der Waals surface area contributed by atoms with Gasteiger partial charge in [-0.05, 0) is 31.0 Å². The van der Waals surface area contributed by atoms with Crippen LogP contribution in [0.15, 0.2) is 48.7 Å². The van der Waals surface area contributed by atoms with E-state index in [9.17, 15) is 8.42 Å². The summed E-state index contributed by atoms with van der Waals surface area (Å²) < 4.78 is 38.0. The Morgan fingerprint density at radius 3 is 2.85 bits per heavy atom. The lowest BCUT2D eigenvalue weighted by atomic mass is 10.1. The van der Waals surface area contributed by atoms with E-state index in [-0.39, 0.29) is 25.0 Å². The molecule has 1 saturated heterocycles. The fourth-order valence-corrected chi connectivity index (χ4v) is 4.23. The van der Waals surface area contributed by atoms with E-state index in [2.05, 4.69) is 4.98 Å². The van der Waals surface area contributed by atoms with Gasteiger partial charge in [-0.3, -0.25) is 0 Å². The molecule has 1 atom stereocenters. The lowest BCUT2D eigenvalue weighted by Gasteiger charge is -2.31. The Balaban J connectivity index is 1.55. The summed E-state index contributed by atoms with van der Waals surface area (Å²) in [6, 6.07) is 14.3. The molecule has 0 bridgehead atoms. The van der Waals surface area contributed by atoms with E-state index in [1.807, 2.05) is 24.3 Å². The molecule has 1 aromatic heterocycles. The monoisotopic (exact) mass is 387 g/mol. The fraction of sp³-hybridized carbons (Fsp3) is 0.368. The quantitative estimate of drug-likeness (QED) is 0.723. The molecule has 0 saturated carbocycles. The second-order valence-corrected chi connectivity index (χ2v) is 8.30. The molecule has 2 heterocycles. The molecule has 27 heavy (non-hydrogen) atoms. The first-order valence-corrected chi connectivity index (χ1v) is 10.4. The van der Waals surface area contributed by atoms with Gasteiger partial charge in [0, 0.05) is 18.8 Å². The predicted octanol–water partition coefficient (Wildman–Crippen LogP) is 2.21. The van der Waals surface area contributed by atoms with Gasteiger partial charge in [0.05, 0.1) is 23.9 Å². The minimum absolute atomic E-state index is 0.0865. The van der Waals surface area contributed by atoms with Gasteiger partial charge >= 0.3 is 0 Å². The Morgan fingerprint density at radius 2 is 2.07 bits per heavy atom. The maximum absolute atomic E-state index is 12.6. The summed E-state index contributed by atoms with van der Waals surface area (Å²) in [5, 5.41) is 8.95. The molecule has 3 rings (SSSR count). The summed E-state index contributed by atoms with van der Waals surface area (Å²) in [5.41, 5.74) is 0.457. The molecule has 0 aliphatic carbocycles. The maximum atomic E-state index is 12.6. The van der Waals surface area contributed by atoms with Crippen LogP contribution in [0.3, 0.4) is 0 Å². The average molecular weight is 387 g/mol. The van der Waals surface area contributed by atoms with Crippen molar-refractivity contribution in [3.63, 3.8) is 0 Å². The first-order chi connectivity index (χ1) is 13.1. The van der Waals surface area contributed by atoms with Gasteiger partial charge in [0.15, 0.2) is 0 Å². The molecule has 0 N–H and O–H groups in total. The summed E-state index contributed by atoms with van der Waals surface area (Å²) in [5.74, 6) is 0.901. The van der Waals surface area contributed by atoms with Gasteiger partial charge in [-0.1, -0.05) is 18.2 Å². The van der Waals surface area contributed by atoms with Crippen molar-refractivity contribution in [3.8, 4) is 17.7 Å². The highest BCUT2D eigenvalue weighted by Gasteiger charge is 2.30. The number of aromatic nitrogens is 1. The molecule has 1 aliphatic heterocycles. The number of para-hydroxylation sites is 1. The summed E-state index contributed by atoms with van der Waals surface area (Å²) in [4.78, 5) is 4.09. The van der Waals surface area contributed by atoms with Crippen LogP contribution in [0, 0.1) is 11.3 Å². The largest absolute Gasteiger partial charge is 0.492 e. The molecule has 142 valence electrons. The Kier molecular flexibility index (Phi) is 6.27. The van der Waals surface area contributed by atoms with Gasteiger partial charge < -0.3 is 9.47 Å². The Labute approximate surface area is 159 Å². The third-order valence-electron chi connectivity index (χ3n) is 4.24. The van der Waals surface area contributed by atoms with Crippen molar-refractivity contribution in [1.82, 2.24) is 9.29 Å². The van der Waals surface area contributed by atoms with Crippen LogP contribution in [0.2, 0.25) is 0 Å². The van der Waals surface area contributed by atoms with Crippen molar-refractivity contribution in [2.45, 2.75) is 18.9 Å². The predicted molar refractivity (Wildman–Crippen MR) is 99.9 cm³/mol. The van der Waals surface area contributed by atoms with Crippen molar-refractivity contribution >= 4 is 10.0 Å². The van der Waals surface area contributed by atoms with Crippen LogP contribution < -0.4 is 9.47 Å². The van der Waals surface area contributed by atoms with E-state index < -0.39 is 10.0 Å². The van der Waals surface area contributed by atoms with Crippen LogP contribution in [0.5, 0.6) is 11.6 Å². The molecule has 1 aliphatic rings. The van der Waals surface area contributed by atoms with Crippen LogP contribution >= 0.6 is 0 Å². The highest BCUT2D eigenvalue weighted by molar-refractivity contribution is 7.89. The van der Waals surface area contributed by atoms with Crippen molar-refractivity contribution < 1.29 is 17.9 Å². The summed E-state index contributed by atoms with van der Waals surface area (Å²) in [6.07, 6.45) is 2.67. The molecule has 0 spiro atoms. The summed E-state index contributed by atoms with van der Waals surface area (Å²) in [7, 11) is -3.44. The topological polar surface area (TPSA) is 92.5 Å². The Morgan fingerprint density at radius 1 is 1.26 bits per heavy atom. The third kappa shape index (κ3) is 5.42. The molecular weight excluding hydrogens is 366 g/mol. The minimum atomic E-state index is -3.44. The molecule has 0 radical (unpaired) electrons. The molecule has 2 aromatic rings. The van der Waals surface area contributed by atoms with Gasteiger partial charge in [0.2, 0.25) is 15.9 Å². The van der Waals surface area contributed by atoms with Gasteiger partial charge in [-0.15, -0.1) is 0 Å². The zero-order valence-corrected chi connectivity index (χ0v) is 15.6. The van der Waals surface area contributed by atoms with Gasteiger partial charge in [0.1, 0.15) is 18.5 Å². The standard InChI is InChI=1S/C19H21N3O4S/c20-14-16-8-9-21-19(13-16)26-18-7-4-10-22(15-18)27(23,24)12-11-25-17-5-2-1-3-6-17/h1-3,5-6,8-9,13,18H,4,7,10-12,15H2/t18-/m0/s1. The smallest absolute Gasteiger partial charge is 0.217 e. The van der Waals surface area contributed by atoms with Crippen LogP contribution in [-0.2, 0) is 10.0 Å². The zero-order chi connectivity index (χ0) is 19.1. The van der Waals surface area contributed by atoms with E-state index >= 15 is 0 Å². The Hall–Kier alpha value is -2.63. The van der Waals surface area contributed by atoms with E-state index in [0.29, 0.717) is 30.2 Å². The van der Waals surface area contributed by atoms with Gasteiger partial charge in [-0.25, -0.2) is 13.4 Å². The Bertz CT molecular complexity index is 897. The SMILES string of the molecule is N#Cc1ccnc(O[C@H]2CCCN(S(=O)(=O)CCOc3ccccc3)C2)c1. The highest BCUT2D eigenvalue weighted by Crippen LogP contribution is 2.20. The number of rotatable bonds is 7.